The van der Waals surface area contributed by atoms with Crippen LogP contribution in [0.25, 0.3) is 0 Å². The Morgan fingerprint density at radius 2 is 1.83 bits per heavy atom. The number of ether oxygens (including phenoxy) is 1. The highest BCUT2D eigenvalue weighted by molar-refractivity contribution is 7.89. The monoisotopic (exact) mass is 436 g/mol. The number of amides is 1. The Labute approximate surface area is 176 Å². The van der Waals surface area contributed by atoms with Crippen LogP contribution in [0.2, 0.25) is 5.02 Å². The van der Waals surface area contributed by atoms with Crippen LogP contribution < -0.4 is 10.1 Å². The summed E-state index contributed by atoms with van der Waals surface area (Å²) in [6.45, 7) is 2.62. The third-order valence-corrected chi connectivity index (χ3v) is 7.35. The largest absolute Gasteiger partial charge is 0.495 e. The number of hydrogen-bond acceptors (Lipinski definition) is 4. The number of rotatable bonds is 6. The van der Waals surface area contributed by atoms with Crippen molar-refractivity contribution >= 4 is 33.2 Å². The minimum Gasteiger partial charge on any atom is -0.495 e. The minimum absolute atomic E-state index is 0.0476. The number of anilines is 1. The molecule has 6 nitrogen and oxygen atoms in total. The first-order chi connectivity index (χ1) is 13.8. The lowest BCUT2D eigenvalue weighted by atomic mass is 9.97. The van der Waals surface area contributed by atoms with Gasteiger partial charge in [0.2, 0.25) is 15.9 Å². The van der Waals surface area contributed by atoms with E-state index in [2.05, 4.69) is 12.2 Å². The van der Waals surface area contributed by atoms with E-state index in [1.807, 2.05) is 24.3 Å². The number of methoxy groups -OCH3 is 1. The second-order valence-corrected chi connectivity index (χ2v) is 9.36. The van der Waals surface area contributed by atoms with Crippen molar-refractivity contribution in [2.24, 2.45) is 5.92 Å². The van der Waals surface area contributed by atoms with Gasteiger partial charge in [-0.2, -0.15) is 4.31 Å². The summed E-state index contributed by atoms with van der Waals surface area (Å²) in [6.07, 6.45) is 1.86. The van der Waals surface area contributed by atoms with Crippen molar-refractivity contribution in [2.45, 2.75) is 31.1 Å². The Balaban J connectivity index is 1.65. The zero-order valence-electron chi connectivity index (χ0n) is 16.5. The minimum atomic E-state index is -3.75. The normalized spacial score (nSPS) is 15.8. The first-order valence-electron chi connectivity index (χ1n) is 9.58. The molecule has 0 saturated carbocycles. The van der Waals surface area contributed by atoms with Crippen molar-refractivity contribution in [1.29, 1.82) is 0 Å². The van der Waals surface area contributed by atoms with Gasteiger partial charge in [-0.05, 0) is 55.2 Å². The lowest BCUT2D eigenvalue weighted by Crippen LogP contribution is -2.41. The summed E-state index contributed by atoms with van der Waals surface area (Å²) >= 11 is 5.99. The van der Waals surface area contributed by atoms with Crippen molar-refractivity contribution in [1.82, 2.24) is 4.31 Å². The molecule has 1 aliphatic heterocycles. The van der Waals surface area contributed by atoms with Crippen LogP contribution in [0, 0.1) is 5.92 Å². The Bertz CT molecular complexity index is 969. The van der Waals surface area contributed by atoms with E-state index < -0.39 is 10.0 Å². The van der Waals surface area contributed by atoms with Gasteiger partial charge in [0.15, 0.2) is 0 Å². The molecule has 0 atom stereocenters. The number of sulfonamides is 1. The summed E-state index contributed by atoms with van der Waals surface area (Å²) in [5.74, 6) is -0.0509. The van der Waals surface area contributed by atoms with Gasteiger partial charge in [0.1, 0.15) is 10.6 Å². The molecule has 0 aliphatic carbocycles. The van der Waals surface area contributed by atoms with Crippen LogP contribution in [0.1, 0.15) is 25.3 Å². The smallest absolute Gasteiger partial charge is 0.246 e. The summed E-state index contributed by atoms with van der Waals surface area (Å²) in [7, 11) is -2.33. The van der Waals surface area contributed by atoms with Gasteiger partial charge < -0.3 is 10.1 Å². The van der Waals surface area contributed by atoms with Crippen molar-refractivity contribution in [3.8, 4) is 5.75 Å². The predicted molar refractivity (Wildman–Crippen MR) is 114 cm³/mol. The molecule has 8 heteroatoms. The molecule has 3 rings (SSSR count). The number of benzene rings is 2. The summed E-state index contributed by atoms with van der Waals surface area (Å²) in [5.41, 5.74) is 1.96. The SMILES string of the molecule is CCc1ccc(NC(=O)C2CCN(S(=O)(=O)c3cc(Cl)ccc3OC)CC2)cc1. The zero-order valence-corrected chi connectivity index (χ0v) is 18.1. The van der Waals surface area contributed by atoms with E-state index in [4.69, 9.17) is 16.3 Å². The molecule has 1 fully saturated rings. The molecule has 1 amide bonds. The van der Waals surface area contributed by atoms with Crippen LogP contribution in [-0.2, 0) is 21.2 Å². The predicted octanol–water partition coefficient (Wildman–Crippen LogP) is 3.95. The molecule has 1 N–H and O–H groups in total. The number of nitrogens with one attached hydrogen (secondary N) is 1. The first-order valence-corrected chi connectivity index (χ1v) is 11.4. The third-order valence-electron chi connectivity index (χ3n) is 5.20. The molecule has 2 aromatic rings. The van der Waals surface area contributed by atoms with Crippen LogP contribution in [0.3, 0.4) is 0 Å². The zero-order chi connectivity index (χ0) is 21.0. The molecular weight excluding hydrogens is 412 g/mol. The maximum atomic E-state index is 13.0. The Morgan fingerprint density at radius 1 is 1.17 bits per heavy atom. The molecule has 1 saturated heterocycles. The van der Waals surface area contributed by atoms with E-state index in [-0.39, 0.29) is 35.6 Å². The molecule has 0 bridgehead atoms. The lowest BCUT2D eigenvalue weighted by Gasteiger charge is -2.31. The molecule has 0 unspecified atom stereocenters. The quantitative estimate of drug-likeness (QED) is 0.743. The number of hydrogen-bond donors (Lipinski definition) is 1. The molecule has 2 aromatic carbocycles. The fraction of sp³-hybridized carbons (Fsp3) is 0.381. The number of halogens is 1. The number of aryl methyl sites for hydroxylation is 1. The Hall–Kier alpha value is -2.09. The average Bonchev–Trinajstić information content (AvgIpc) is 2.74. The second kappa shape index (κ2) is 9.15. The van der Waals surface area contributed by atoms with Crippen LogP contribution in [0.5, 0.6) is 5.75 Å². The maximum absolute atomic E-state index is 13.0. The van der Waals surface area contributed by atoms with Gasteiger partial charge in [-0.25, -0.2) is 8.42 Å². The second-order valence-electron chi connectivity index (χ2n) is 7.01. The molecule has 1 heterocycles. The third kappa shape index (κ3) is 4.91. The van der Waals surface area contributed by atoms with E-state index in [1.165, 1.54) is 23.0 Å². The van der Waals surface area contributed by atoms with Crippen LogP contribution >= 0.6 is 11.6 Å². The van der Waals surface area contributed by atoms with E-state index in [0.29, 0.717) is 17.9 Å². The van der Waals surface area contributed by atoms with Gasteiger partial charge in [-0.15, -0.1) is 0 Å². The van der Waals surface area contributed by atoms with Crippen molar-refractivity contribution in [3.63, 3.8) is 0 Å². The van der Waals surface area contributed by atoms with Crippen LogP contribution in [0.15, 0.2) is 47.4 Å². The maximum Gasteiger partial charge on any atom is 0.246 e. The molecule has 156 valence electrons. The highest BCUT2D eigenvalue weighted by atomic mass is 35.5. The summed E-state index contributed by atoms with van der Waals surface area (Å²) in [5, 5.41) is 3.26. The number of piperidine rings is 1. The summed E-state index contributed by atoms with van der Waals surface area (Å²) in [6, 6.07) is 12.3. The number of carbonyl (C=O) groups is 1. The van der Waals surface area contributed by atoms with Crippen LogP contribution in [0.4, 0.5) is 5.69 Å². The highest BCUT2D eigenvalue weighted by Crippen LogP contribution is 2.32. The highest BCUT2D eigenvalue weighted by Gasteiger charge is 2.33. The standard InChI is InChI=1S/C21H25ClN2O4S/c1-3-15-4-7-18(8-5-15)23-21(25)16-10-12-24(13-11-16)29(26,27)20-14-17(22)6-9-19(20)28-2/h4-9,14,16H,3,10-13H2,1-2H3,(H,23,25). The van der Waals surface area contributed by atoms with Crippen molar-refractivity contribution in [2.75, 3.05) is 25.5 Å². The van der Waals surface area contributed by atoms with Gasteiger partial charge in [0.05, 0.1) is 7.11 Å². The van der Waals surface area contributed by atoms with Gasteiger partial charge in [-0.3, -0.25) is 4.79 Å². The summed E-state index contributed by atoms with van der Waals surface area (Å²) in [4.78, 5) is 12.6. The van der Waals surface area contributed by atoms with Gasteiger partial charge in [0, 0.05) is 29.7 Å². The van der Waals surface area contributed by atoms with E-state index >= 15 is 0 Å². The molecule has 29 heavy (non-hydrogen) atoms. The van der Waals surface area contributed by atoms with Crippen LogP contribution in [-0.4, -0.2) is 38.8 Å². The van der Waals surface area contributed by atoms with Crippen molar-refractivity contribution < 1.29 is 17.9 Å². The fourth-order valence-electron chi connectivity index (χ4n) is 3.42. The number of carbonyl (C=O) groups excluding carboxylic acids is 1. The number of nitrogens with zero attached hydrogens (tertiary/aromatic N) is 1. The fourth-order valence-corrected chi connectivity index (χ4v) is 5.31. The van der Waals surface area contributed by atoms with Gasteiger partial charge in [-0.1, -0.05) is 30.7 Å². The molecule has 0 spiro atoms. The van der Waals surface area contributed by atoms with E-state index in [0.717, 1.165) is 12.1 Å². The molecule has 0 radical (unpaired) electrons. The molecule has 0 aromatic heterocycles. The summed E-state index contributed by atoms with van der Waals surface area (Å²) < 4.78 is 32.6. The molecular formula is C21H25ClN2O4S. The Kier molecular flexibility index (Phi) is 6.82. The Morgan fingerprint density at radius 3 is 2.41 bits per heavy atom. The molecule has 1 aliphatic rings. The first kappa shape index (κ1) is 21.6. The van der Waals surface area contributed by atoms with E-state index in [1.54, 1.807) is 12.1 Å². The topological polar surface area (TPSA) is 75.7 Å². The lowest BCUT2D eigenvalue weighted by molar-refractivity contribution is -0.120. The van der Waals surface area contributed by atoms with Gasteiger partial charge >= 0.3 is 0 Å². The van der Waals surface area contributed by atoms with Gasteiger partial charge in [0.25, 0.3) is 0 Å². The van der Waals surface area contributed by atoms with E-state index in [9.17, 15) is 13.2 Å². The average molecular weight is 437 g/mol. The van der Waals surface area contributed by atoms with Crippen molar-refractivity contribution in [3.05, 3.63) is 53.1 Å².